The highest BCUT2D eigenvalue weighted by Gasteiger charge is 2.25. The van der Waals surface area contributed by atoms with E-state index < -0.39 is 0 Å². The fourth-order valence-corrected chi connectivity index (χ4v) is 3.47. The van der Waals surface area contributed by atoms with Crippen molar-refractivity contribution >= 4 is 29.9 Å². The molecule has 0 amide bonds. The normalized spacial score (nSPS) is 19.3. The molecule has 1 saturated heterocycles. The van der Waals surface area contributed by atoms with Crippen LogP contribution >= 0.6 is 24.0 Å². The van der Waals surface area contributed by atoms with Gasteiger partial charge in [0.05, 0.1) is 0 Å². The molecule has 0 spiro atoms. The smallest absolute Gasteiger partial charge is 0.191 e. The molecule has 1 rings (SSSR count). The third-order valence-electron chi connectivity index (χ3n) is 5.28. The monoisotopic (exact) mass is 481 g/mol. The summed E-state index contributed by atoms with van der Waals surface area (Å²) in [6.45, 7) is 17.1. The van der Waals surface area contributed by atoms with Gasteiger partial charge in [-0.1, -0.05) is 40.5 Å². The number of hydrogen-bond acceptors (Lipinski definition) is 3. The van der Waals surface area contributed by atoms with Crippen LogP contribution in [0.2, 0.25) is 0 Å². The second-order valence-electron chi connectivity index (χ2n) is 8.47. The van der Waals surface area contributed by atoms with Crippen molar-refractivity contribution in [1.82, 2.24) is 20.4 Å². The Morgan fingerprint density at radius 1 is 1.00 bits per heavy atom. The van der Waals surface area contributed by atoms with Gasteiger partial charge in [-0.15, -0.1) is 24.0 Å². The van der Waals surface area contributed by atoms with Crippen LogP contribution < -0.4 is 10.6 Å². The lowest BCUT2D eigenvalue weighted by molar-refractivity contribution is 0.0899. The molecule has 0 aromatic heterocycles. The SMILES string of the molecule is CN=C(NCC(C(C)C)N1CCN(C)CC1)NC(C)CCCC(C)C.I. The van der Waals surface area contributed by atoms with E-state index >= 15 is 0 Å². The van der Waals surface area contributed by atoms with Crippen molar-refractivity contribution in [3.63, 3.8) is 0 Å². The van der Waals surface area contributed by atoms with Crippen LogP contribution in [0.1, 0.15) is 53.9 Å². The molecule has 1 fully saturated rings. The van der Waals surface area contributed by atoms with Crippen molar-refractivity contribution in [3.8, 4) is 0 Å². The number of halogens is 1. The second kappa shape index (κ2) is 14.0. The number of guanidine groups is 1. The molecule has 0 radical (unpaired) electrons. The lowest BCUT2D eigenvalue weighted by Gasteiger charge is -2.40. The zero-order chi connectivity index (χ0) is 18.8. The Morgan fingerprint density at radius 3 is 2.12 bits per heavy atom. The molecule has 26 heavy (non-hydrogen) atoms. The van der Waals surface area contributed by atoms with E-state index in [1.165, 1.54) is 45.4 Å². The van der Waals surface area contributed by atoms with Gasteiger partial charge in [-0.05, 0) is 32.2 Å². The minimum Gasteiger partial charge on any atom is -0.355 e. The molecule has 0 aliphatic carbocycles. The van der Waals surface area contributed by atoms with Gasteiger partial charge in [0.1, 0.15) is 0 Å². The summed E-state index contributed by atoms with van der Waals surface area (Å²) in [6, 6.07) is 1.02. The number of aliphatic imine (C=N–C) groups is 1. The van der Waals surface area contributed by atoms with Crippen LogP contribution in [-0.2, 0) is 0 Å². The van der Waals surface area contributed by atoms with Crippen LogP contribution in [0.15, 0.2) is 4.99 Å². The summed E-state index contributed by atoms with van der Waals surface area (Å²) in [5, 5.41) is 7.13. The molecular weight excluding hydrogens is 437 g/mol. The van der Waals surface area contributed by atoms with E-state index in [1.54, 1.807) is 0 Å². The van der Waals surface area contributed by atoms with E-state index in [0.29, 0.717) is 18.0 Å². The number of piperazine rings is 1. The Kier molecular flexibility index (Phi) is 14.0. The molecule has 1 aliphatic rings. The minimum atomic E-state index is 0. The van der Waals surface area contributed by atoms with Gasteiger partial charge in [-0.25, -0.2) is 0 Å². The average molecular weight is 482 g/mol. The molecule has 1 heterocycles. The summed E-state index contributed by atoms with van der Waals surface area (Å²) in [5.74, 6) is 2.37. The van der Waals surface area contributed by atoms with Crippen LogP contribution in [0.5, 0.6) is 0 Å². The van der Waals surface area contributed by atoms with E-state index in [-0.39, 0.29) is 24.0 Å². The maximum absolute atomic E-state index is 4.43. The van der Waals surface area contributed by atoms with Gasteiger partial charge in [-0.2, -0.15) is 0 Å². The molecule has 0 saturated carbocycles. The van der Waals surface area contributed by atoms with E-state index in [4.69, 9.17) is 0 Å². The molecule has 0 aromatic carbocycles. The van der Waals surface area contributed by atoms with Gasteiger partial charge in [0.2, 0.25) is 0 Å². The lowest BCUT2D eigenvalue weighted by atomic mass is 10.0. The second-order valence-corrected chi connectivity index (χ2v) is 8.47. The van der Waals surface area contributed by atoms with Crippen molar-refractivity contribution in [3.05, 3.63) is 0 Å². The summed E-state index contributed by atoms with van der Waals surface area (Å²) in [4.78, 5) is 9.48. The zero-order valence-electron chi connectivity index (χ0n) is 18.2. The average Bonchev–Trinajstić information content (AvgIpc) is 2.54. The highest BCUT2D eigenvalue weighted by atomic mass is 127. The Hall–Kier alpha value is -0.0800. The first-order valence-electron chi connectivity index (χ1n) is 10.2. The standard InChI is InChI=1S/C20H43N5.HI/c1-16(2)9-8-10-18(5)23-20(21-6)22-15-19(17(3)4)25-13-11-24(7)12-14-25;/h16-19H,8-15H2,1-7H3,(H2,21,22,23);1H. The van der Waals surface area contributed by atoms with Crippen molar-refractivity contribution in [2.75, 3.05) is 46.8 Å². The van der Waals surface area contributed by atoms with Crippen molar-refractivity contribution in [1.29, 1.82) is 0 Å². The van der Waals surface area contributed by atoms with E-state index in [2.05, 4.69) is 67.1 Å². The Bertz CT molecular complexity index is 378. The predicted molar refractivity (Wildman–Crippen MR) is 126 cm³/mol. The van der Waals surface area contributed by atoms with Crippen LogP contribution in [0, 0.1) is 11.8 Å². The fraction of sp³-hybridized carbons (Fsp3) is 0.950. The van der Waals surface area contributed by atoms with Crippen LogP contribution in [0.25, 0.3) is 0 Å². The molecule has 0 bridgehead atoms. The third kappa shape index (κ3) is 10.3. The highest BCUT2D eigenvalue weighted by Crippen LogP contribution is 2.13. The Balaban J connectivity index is 0.00000625. The van der Waals surface area contributed by atoms with Gasteiger partial charge in [-0.3, -0.25) is 9.89 Å². The summed E-state index contributed by atoms with van der Waals surface area (Å²) in [5.41, 5.74) is 0. The molecule has 1 aliphatic heterocycles. The Labute approximate surface area is 179 Å². The summed E-state index contributed by atoms with van der Waals surface area (Å²) in [6.07, 6.45) is 3.78. The molecule has 0 aromatic rings. The fourth-order valence-electron chi connectivity index (χ4n) is 3.47. The van der Waals surface area contributed by atoms with E-state index in [9.17, 15) is 0 Å². The molecule has 2 N–H and O–H groups in total. The van der Waals surface area contributed by atoms with Gasteiger partial charge in [0.15, 0.2) is 5.96 Å². The summed E-state index contributed by atoms with van der Waals surface area (Å²) >= 11 is 0. The van der Waals surface area contributed by atoms with Gasteiger partial charge >= 0.3 is 0 Å². The van der Waals surface area contributed by atoms with Crippen molar-refractivity contribution in [2.24, 2.45) is 16.8 Å². The van der Waals surface area contributed by atoms with Crippen molar-refractivity contribution < 1.29 is 0 Å². The zero-order valence-corrected chi connectivity index (χ0v) is 20.5. The van der Waals surface area contributed by atoms with Gasteiger partial charge in [0.25, 0.3) is 0 Å². The Morgan fingerprint density at radius 2 is 1.62 bits per heavy atom. The molecule has 5 nitrogen and oxygen atoms in total. The number of nitrogens with zero attached hydrogens (tertiary/aromatic N) is 3. The van der Waals surface area contributed by atoms with Gasteiger partial charge < -0.3 is 15.5 Å². The largest absolute Gasteiger partial charge is 0.355 e. The number of nitrogens with one attached hydrogen (secondary N) is 2. The van der Waals surface area contributed by atoms with Gasteiger partial charge in [0, 0.05) is 51.9 Å². The van der Waals surface area contributed by atoms with E-state index in [1.807, 2.05) is 7.05 Å². The maximum atomic E-state index is 4.43. The van der Waals surface area contributed by atoms with Crippen LogP contribution in [0.4, 0.5) is 0 Å². The highest BCUT2D eigenvalue weighted by molar-refractivity contribution is 14.0. The first-order valence-corrected chi connectivity index (χ1v) is 10.2. The number of likely N-dealkylation sites (N-methyl/N-ethyl adjacent to an activating group) is 1. The number of rotatable bonds is 9. The number of hydrogen-bond donors (Lipinski definition) is 2. The predicted octanol–water partition coefficient (Wildman–Crippen LogP) is 3.26. The minimum absolute atomic E-state index is 0. The molecule has 6 heteroatoms. The molecule has 2 atom stereocenters. The summed E-state index contributed by atoms with van der Waals surface area (Å²) < 4.78 is 0. The topological polar surface area (TPSA) is 42.9 Å². The maximum Gasteiger partial charge on any atom is 0.191 e. The quantitative estimate of drug-likeness (QED) is 0.302. The third-order valence-corrected chi connectivity index (χ3v) is 5.28. The van der Waals surface area contributed by atoms with Crippen molar-refractivity contribution in [2.45, 2.75) is 66.0 Å². The first kappa shape index (κ1) is 25.9. The lowest BCUT2D eigenvalue weighted by Crippen LogP contribution is -2.55. The molecule has 2 unspecified atom stereocenters. The summed E-state index contributed by atoms with van der Waals surface area (Å²) in [7, 11) is 4.09. The first-order chi connectivity index (χ1) is 11.8. The molecule has 156 valence electrons. The van der Waals surface area contributed by atoms with Crippen LogP contribution in [0.3, 0.4) is 0 Å². The van der Waals surface area contributed by atoms with E-state index in [0.717, 1.165) is 18.4 Å². The van der Waals surface area contributed by atoms with Crippen LogP contribution in [-0.4, -0.2) is 74.7 Å². The molecular formula is C20H44IN5.